The standard InChI is InChI=1S/C10H15NO/c1-10(2,12-3)8-9-6-4-5-7-11-9/h4-7H,8H2,1-3H3. The van der Waals surface area contributed by atoms with Gasteiger partial charge in [-0.05, 0) is 26.0 Å². The average Bonchev–Trinajstić information content (AvgIpc) is 2.06. The van der Waals surface area contributed by atoms with E-state index in [4.69, 9.17) is 4.74 Å². The largest absolute Gasteiger partial charge is 0.378 e. The highest BCUT2D eigenvalue weighted by molar-refractivity contribution is 5.06. The molecule has 0 aromatic carbocycles. The fourth-order valence-corrected chi connectivity index (χ4v) is 1.01. The highest BCUT2D eigenvalue weighted by atomic mass is 16.5. The number of ether oxygens (including phenoxy) is 1. The van der Waals surface area contributed by atoms with Crippen LogP contribution in [0.15, 0.2) is 24.4 Å². The lowest BCUT2D eigenvalue weighted by atomic mass is 10.0. The first-order chi connectivity index (χ1) is 5.64. The van der Waals surface area contributed by atoms with Gasteiger partial charge in [0.2, 0.25) is 0 Å². The summed E-state index contributed by atoms with van der Waals surface area (Å²) in [7, 11) is 1.73. The van der Waals surface area contributed by atoms with Gasteiger partial charge in [-0.25, -0.2) is 0 Å². The molecule has 0 atom stereocenters. The summed E-state index contributed by atoms with van der Waals surface area (Å²) in [5.74, 6) is 0. The number of aromatic nitrogens is 1. The van der Waals surface area contributed by atoms with Crippen molar-refractivity contribution in [1.82, 2.24) is 4.98 Å². The van der Waals surface area contributed by atoms with Crippen molar-refractivity contribution in [2.45, 2.75) is 25.9 Å². The monoisotopic (exact) mass is 165 g/mol. The second-order valence-corrected chi connectivity index (χ2v) is 3.46. The fourth-order valence-electron chi connectivity index (χ4n) is 1.01. The number of pyridine rings is 1. The SMILES string of the molecule is COC(C)(C)Cc1ccccn1. The molecule has 0 bridgehead atoms. The van der Waals surface area contributed by atoms with Crippen LogP contribution in [0.5, 0.6) is 0 Å². The van der Waals surface area contributed by atoms with E-state index in [0.717, 1.165) is 12.1 Å². The maximum atomic E-state index is 5.30. The molecular weight excluding hydrogens is 150 g/mol. The van der Waals surface area contributed by atoms with Crippen LogP contribution in [0.3, 0.4) is 0 Å². The first-order valence-electron chi connectivity index (χ1n) is 4.09. The van der Waals surface area contributed by atoms with Crippen molar-refractivity contribution < 1.29 is 4.74 Å². The number of nitrogens with zero attached hydrogens (tertiary/aromatic N) is 1. The van der Waals surface area contributed by atoms with Gasteiger partial charge >= 0.3 is 0 Å². The van der Waals surface area contributed by atoms with Crippen LogP contribution in [0.2, 0.25) is 0 Å². The number of methoxy groups -OCH3 is 1. The van der Waals surface area contributed by atoms with Crippen LogP contribution in [0.25, 0.3) is 0 Å². The maximum Gasteiger partial charge on any atom is 0.0677 e. The van der Waals surface area contributed by atoms with E-state index < -0.39 is 0 Å². The van der Waals surface area contributed by atoms with E-state index in [-0.39, 0.29) is 5.60 Å². The molecule has 0 radical (unpaired) electrons. The molecule has 2 nitrogen and oxygen atoms in total. The van der Waals surface area contributed by atoms with E-state index in [1.165, 1.54) is 0 Å². The van der Waals surface area contributed by atoms with Gasteiger partial charge < -0.3 is 4.74 Å². The second kappa shape index (κ2) is 3.68. The highest BCUT2D eigenvalue weighted by Gasteiger charge is 2.17. The van der Waals surface area contributed by atoms with E-state index in [9.17, 15) is 0 Å². The van der Waals surface area contributed by atoms with Gasteiger partial charge in [-0.15, -0.1) is 0 Å². The van der Waals surface area contributed by atoms with E-state index in [1.807, 2.05) is 18.2 Å². The predicted octanol–water partition coefficient (Wildman–Crippen LogP) is 2.05. The summed E-state index contributed by atoms with van der Waals surface area (Å²) in [4.78, 5) is 4.23. The van der Waals surface area contributed by atoms with Gasteiger partial charge in [-0.2, -0.15) is 0 Å². The van der Waals surface area contributed by atoms with Crippen molar-refractivity contribution >= 4 is 0 Å². The molecule has 0 aliphatic carbocycles. The van der Waals surface area contributed by atoms with Crippen LogP contribution in [0.1, 0.15) is 19.5 Å². The molecule has 0 amide bonds. The first-order valence-corrected chi connectivity index (χ1v) is 4.09. The molecule has 1 rings (SSSR count). The molecule has 12 heavy (non-hydrogen) atoms. The Bertz CT molecular complexity index is 231. The van der Waals surface area contributed by atoms with Gasteiger partial charge in [0.05, 0.1) is 5.60 Å². The predicted molar refractivity (Wildman–Crippen MR) is 49.0 cm³/mol. The smallest absolute Gasteiger partial charge is 0.0677 e. The molecule has 0 N–H and O–H groups in total. The lowest BCUT2D eigenvalue weighted by Gasteiger charge is -2.21. The Morgan fingerprint density at radius 3 is 2.67 bits per heavy atom. The third-order valence-corrected chi connectivity index (χ3v) is 1.89. The summed E-state index contributed by atoms with van der Waals surface area (Å²) in [5, 5.41) is 0. The van der Waals surface area contributed by atoms with Gasteiger partial charge in [0.25, 0.3) is 0 Å². The summed E-state index contributed by atoms with van der Waals surface area (Å²) >= 11 is 0. The summed E-state index contributed by atoms with van der Waals surface area (Å²) in [5.41, 5.74) is 0.957. The molecule has 0 saturated heterocycles. The topological polar surface area (TPSA) is 22.1 Å². The molecule has 66 valence electrons. The van der Waals surface area contributed by atoms with Gasteiger partial charge in [0, 0.05) is 25.4 Å². The minimum absolute atomic E-state index is 0.117. The lowest BCUT2D eigenvalue weighted by molar-refractivity contribution is 0.0224. The molecule has 0 saturated carbocycles. The van der Waals surface area contributed by atoms with Crippen molar-refractivity contribution in [2.75, 3.05) is 7.11 Å². The fraction of sp³-hybridized carbons (Fsp3) is 0.500. The Balaban J connectivity index is 2.64. The number of hydrogen-bond donors (Lipinski definition) is 0. The van der Waals surface area contributed by atoms with E-state index in [1.54, 1.807) is 13.3 Å². The highest BCUT2D eigenvalue weighted by Crippen LogP contribution is 2.13. The molecule has 1 aromatic rings. The Hall–Kier alpha value is -0.890. The van der Waals surface area contributed by atoms with Gasteiger partial charge in [-0.3, -0.25) is 4.98 Å². The molecule has 0 aliphatic heterocycles. The molecule has 2 heteroatoms. The molecule has 1 aromatic heterocycles. The molecule has 0 unspecified atom stereocenters. The summed E-state index contributed by atoms with van der Waals surface area (Å²) in [6, 6.07) is 5.93. The zero-order valence-electron chi connectivity index (χ0n) is 7.87. The van der Waals surface area contributed by atoms with Crippen LogP contribution in [0.4, 0.5) is 0 Å². The summed E-state index contributed by atoms with van der Waals surface area (Å²) in [6.45, 7) is 4.11. The Labute approximate surface area is 73.6 Å². The summed E-state index contributed by atoms with van der Waals surface area (Å²) < 4.78 is 5.30. The first kappa shape index (κ1) is 9.20. The average molecular weight is 165 g/mol. The number of rotatable bonds is 3. The minimum atomic E-state index is -0.117. The van der Waals surface area contributed by atoms with Crippen molar-refractivity contribution in [3.8, 4) is 0 Å². The normalized spacial score (nSPS) is 11.6. The Morgan fingerprint density at radius 1 is 1.42 bits per heavy atom. The minimum Gasteiger partial charge on any atom is -0.378 e. The van der Waals surface area contributed by atoms with Gasteiger partial charge in [0.15, 0.2) is 0 Å². The van der Waals surface area contributed by atoms with Crippen molar-refractivity contribution in [3.05, 3.63) is 30.1 Å². The molecule has 0 aliphatic rings. The van der Waals surface area contributed by atoms with Crippen LogP contribution < -0.4 is 0 Å². The van der Waals surface area contributed by atoms with E-state index in [0.29, 0.717) is 0 Å². The van der Waals surface area contributed by atoms with Crippen LogP contribution in [-0.4, -0.2) is 17.7 Å². The van der Waals surface area contributed by atoms with Crippen LogP contribution >= 0.6 is 0 Å². The van der Waals surface area contributed by atoms with Crippen molar-refractivity contribution in [2.24, 2.45) is 0 Å². The maximum absolute atomic E-state index is 5.30. The van der Waals surface area contributed by atoms with Gasteiger partial charge in [-0.1, -0.05) is 6.07 Å². The van der Waals surface area contributed by atoms with Crippen molar-refractivity contribution in [3.63, 3.8) is 0 Å². The molecular formula is C10H15NO. The summed E-state index contributed by atoms with van der Waals surface area (Å²) in [6.07, 6.45) is 2.66. The molecule has 0 fully saturated rings. The van der Waals surface area contributed by atoms with Crippen LogP contribution in [-0.2, 0) is 11.2 Å². The lowest BCUT2D eigenvalue weighted by Crippen LogP contribution is -2.25. The Kier molecular flexibility index (Phi) is 2.82. The van der Waals surface area contributed by atoms with E-state index in [2.05, 4.69) is 18.8 Å². The van der Waals surface area contributed by atoms with E-state index >= 15 is 0 Å². The van der Waals surface area contributed by atoms with Gasteiger partial charge in [0.1, 0.15) is 0 Å². The Morgan fingerprint density at radius 2 is 2.17 bits per heavy atom. The third kappa shape index (κ3) is 2.62. The quantitative estimate of drug-likeness (QED) is 0.683. The molecule has 0 spiro atoms. The zero-order chi connectivity index (χ0) is 9.03. The number of hydrogen-bond acceptors (Lipinski definition) is 2. The molecule has 1 heterocycles. The third-order valence-electron chi connectivity index (χ3n) is 1.89. The van der Waals surface area contributed by atoms with Crippen LogP contribution in [0, 0.1) is 0 Å². The van der Waals surface area contributed by atoms with Crippen molar-refractivity contribution in [1.29, 1.82) is 0 Å². The zero-order valence-corrected chi connectivity index (χ0v) is 7.87. The second-order valence-electron chi connectivity index (χ2n) is 3.46.